The molecule has 1 aliphatic heterocycles. The highest BCUT2D eigenvalue weighted by molar-refractivity contribution is 7.14. The Labute approximate surface area is 151 Å². The van der Waals surface area contributed by atoms with E-state index in [0.29, 0.717) is 0 Å². The van der Waals surface area contributed by atoms with E-state index in [1.54, 1.807) is 5.51 Å². The van der Waals surface area contributed by atoms with Gasteiger partial charge >= 0.3 is 0 Å². The van der Waals surface area contributed by atoms with Crippen LogP contribution in [0.2, 0.25) is 0 Å². The van der Waals surface area contributed by atoms with Gasteiger partial charge in [-0.3, -0.25) is 4.79 Å². The van der Waals surface area contributed by atoms with Gasteiger partial charge in [0.15, 0.2) is 0 Å². The summed E-state index contributed by atoms with van der Waals surface area (Å²) in [6.07, 6.45) is 0.770. The molecule has 0 aliphatic carbocycles. The summed E-state index contributed by atoms with van der Waals surface area (Å²) >= 11 is 1.47. The SMILES string of the molecule is CN1C[C@H](C(=O)Nc2scnc2-c2ccccc2)Cc2ccccc21. The molecule has 25 heavy (non-hydrogen) atoms. The number of carbonyl (C=O) groups is 1. The second kappa shape index (κ2) is 6.69. The zero-order valence-electron chi connectivity index (χ0n) is 14.0. The number of hydrogen-bond acceptors (Lipinski definition) is 4. The molecule has 4 rings (SSSR count). The van der Waals surface area contributed by atoms with E-state index in [-0.39, 0.29) is 11.8 Å². The topological polar surface area (TPSA) is 45.2 Å². The molecule has 1 N–H and O–H groups in total. The van der Waals surface area contributed by atoms with Crippen molar-refractivity contribution in [3.8, 4) is 11.3 Å². The molecule has 3 aromatic rings. The van der Waals surface area contributed by atoms with Crippen molar-refractivity contribution in [1.82, 2.24) is 4.98 Å². The van der Waals surface area contributed by atoms with Crippen LogP contribution in [0.4, 0.5) is 10.7 Å². The first-order chi connectivity index (χ1) is 12.2. The van der Waals surface area contributed by atoms with Crippen molar-refractivity contribution in [1.29, 1.82) is 0 Å². The van der Waals surface area contributed by atoms with E-state index >= 15 is 0 Å². The molecule has 0 unspecified atom stereocenters. The summed E-state index contributed by atoms with van der Waals surface area (Å²) in [5.74, 6) is -0.00610. The van der Waals surface area contributed by atoms with Crippen molar-refractivity contribution in [3.63, 3.8) is 0 Å². The summed E-state index contributed by atoms with van der Waals surface area (Å²) in [6, 6.07) is 18.2. The zero-order valence-corrected chi connectivity index (χ0v) is 14.8. The molecule has 126 valence electrons. The summed E-state index contributed by atoms with van der Waals surface area (Å²) in [7, 11) is 2.04. The normalized spacial score (nSPS) is 16.4. The van der Waals surface area contributed by atoms with Gasteiger partial charge in [-0.2, -0.15) is 0 Å². The highest BCUT2D eigenvalue weighted by Crippen LogP contribution is 2.32. The number of para-hydroxylation sites is 1. The van der Waals surface area contributed by atoms with E-state index < -0.39 is 0 Å². The molecule has 0 spiro atoms. The Morgan fingerprint density at radius 1 is 1.16 bits per heavy atom. The maximum atomic E-state index is 12.8. The fourth-order valence-electron chi connectivity index (χ4n) is 3.34. The lowest BCUT2D eigenvalue weighted by Crippen LogP contribution is -2.39. The van der Waals surface area contributed by atoms with E-state index in [2.05, 4.69) is 27.3 Å². The molecule has 1 aliphatic rings. The van der Waals surface area contributed by atoms with Gasteiger partial charge in [-0.15, -0.1) is 11.3 Å². The quantitative estimate of drug-likeness (QED) is 0.776. The Morgan fingerprint density at radius 2 is 1.92 bits per heavy atom. The van der Waals surface area contributed by atoms with Crippen LogP contribution in [0.3, 0.4) is 0 Å². The smallest absolute Gasteiger partial charge is 0.230 e. The zero-order chi connectivity index (χ0) is 17.2. The number of anilines is 2. The van der Waals surface area contributed by atoms with Crippen LogP contribution in [-0.4, -0.2) is 24.5 Å². The van der Waals surface area contributed by atoms with E-state index in [0.717, 1.165) is 29.2 Å². The van der Waals surface area contributed by atoms with E-state index in [1.807, 2.05) is 49.5 Å². The number of carbonyl (C=O) groups excluding carboxylic acids is 1. The number of thiazole rings is 1. The van der Waals surface area contributed by atoms with Crippen LogP contribution in [0.25, 0.3) is 11.3 Å². The summed E-state index contributed by atoms with van der Waals surface area (Å²) in [5, 5.41) is 3.92. The Kier molecular flexibility index (Phi) is 4.24. The number of amides is 1. The molecular formula is C20H19N3OS. The number of aromatic nitrogens is 1. The minimum Gasteiger partial charge on any atom is -0.374 e. The third-order valence-corrected chi connectivity index (χ3v) is 5.33. The molecule has 0 saturated carbocycles. The largest absolute Gasteiger partial charge is 0.374 e. The van der Waals surface area contributed by atoms with Gasteiger partial charge in [0.2, 0.25) is 5.91 Å². The average molecular weight is 349 g/mol. The molecular weight excluding hydrogens is 330 g/mol. The van der Waals surface area contributed by atoms with Gasteiger partial charge in [-0.05, 0) is 18.1 Å². The number of rotatable bonds is 3. The van der Waals surface area contributed by atoms with Crippen LogP contribution in [-0.2, 0) is 11.2 Å². The average Bonchev–Trinajstić information content (AvgIpc) is 3.10. The Balaban J connectivity index is 1.54. The predicted molar refractivity (Wildman–Crippen MR) is 103 cm³/mol. The van der Waals surface area contributed by atoms with Gasteiger partial charge in [-0.1, -0.05) is 48.5 Å². The minimum absolute atomic E-state index is 0.0581. The third-order valence-electron chi connectivity index (χ3n) is 4.59. The minimum atomic E-state index is -0.0642. The van der Waals surface area contributed by atoms with Gasteiger partial charge in [0.1, 0.15) is 10.7 Å². The highest BCUT2D eigenvalue weighted by Gasteiger charge is 2.28. The van der Waals surface area contributed by atoms with Crippen LogP contribution in [0, 0.1) is 5.92 Å². The summed E-state index contributed by atoms with van der Waals surface area (Å²) in [4.78, 5) is 19.4. The van der Waals surface area contributed by atoms with Gasteiger partial charge < -0.3 is 10.2 Å². The second-order valence-electron chi connectivity index (χ2n) is 6.30. The van der Waals surface area contributed by atoms with Crippen LogP contribution in [0.15, 0.2) is 60.1 Å². The van der Waals surface area contributed by atoms with Crippen LogP contribution >= 0.6 is 11.3 Å². The van der Waals surface area contributed by atoms with Gasteiger partial charge in [-0.25, -0.2) is 4.98 Å². The molecule has 5 heteroatoms. The molecule has 0 saturated heterocycles. The monoisotopic (exact) mass is 349 g/mol. The summed E-state index contributed by atoms with van der Waals surface area (Å²) in [5.41, 5.74) is 6.08. The van der Waals surface area contributed by atoms with Crippen LogP contribution in [0.1, 0.15) is 5.56 Å². The molecule has 2 aromatic carbocycles. The van der Waals surface area contributed by atoms with Gasteiger partial charge in [0.05, 0.1) is 11.4 Å². The van der Waals surface area contributed by atoms with E-state index in [1.165, 1.54) is 22.6 Å². The Morgan fingerprint density at radius 3 is 2.76 bits per heavy atom. The molecule has 0 fully saturated rings. The first-order valence-corrected chi connectivity index (χ1v) is 9.19. The van der Waals surface area contributed by atoms with Crippen molar-refractivity contribution in [3.05, 3.63) is 65.7 Å². The number of nitrogens with zero attached hydrogens (tertiary/aromatic N) is 2. The van der Waals surface area contributed by atoms with Crippen LogP contribution < -0.4 is 10.2 Å². The number of fused-ring (bicyclic) bond motifs is 1. The van der Waals surface area contributed by atoms with E-state index in [4.69, 9.17) is 0 Å². The molecule has 4 nitrogen and oxygen atoms in total. The molecule has 1 amide bonds. The van der Waals surface area contributed by atoms with E-state index in [9.17, 15) is 4.79 Å². The number of benzene rings is 2. The van der Waals surface area contributed by atoms with Crippen molar-refractivity contribution in [2.45, 2.75) is 6.42 Å². The summed E-state index contributed by atoms with van der Waals surface area (Å²) in [6.45, 7) is 0.725. The first kappa shape index (κ1) is 15.8. The third kappa shape index (κ3) is 3.15. The van der Waals surface area contributed by atoms with Gasteiger partial charge in [0, 0.05) is 24.8 Å². The number of hydrogen-bond donors (Lipinski definition) is 1. The van der Waals surface area contributed by atoms with Crippen LogP contribution in [0.5, 0.6) is 0 Å². The van der Waals surface area contributed by atoms with Gasteiger partial charge in [0.25, 0.3) is 0 Å². The second-order valence-corrected chi connectivity index (χ2v) is 7.15. The predicted octanol–water partition coefficient (Wildman–Crippen LogP) is 4.06. The summed E-state index contributed by atoms with van der Waals surface area (Å²) < 4.78 is 0. The molecule has 0 bridgehead atoms. The number of nitrogens with one attached hydrogen (secondary N) is 1. The Hall–Kier alpha value is -2.66. The molecule has 0 radical (unpaired) electrons. The van der Waals surface area contributed by atoms with Crippen molar-refractivity contribution in [2.75, 3.05) is 23.8 Å². The lowest BCUT2D eigenvalue weighted by atomic mass is 9.92. The van der Waals surface area contributed by atoms with Crippen molar-refractivity contribution < 1.29 is 4.79 Å². The first-order valence-electron chi connectivity index (χ1n) is 8.31. The lowest BCUT2D eigenvalue weighted by molar-refractivity contribution is -0.119. The Bertz CT molecular complexity index is 891. The highest BCUT2D eigenvalue weighted by atomic mass is 32.1. The van der Waals surface area contributed by atoms with Crippen molar-refractivity contribution in [2.24, 2.45) is 5.92 Å². The molecule has 1 atom stereocenters. The maximum Gasteiger partial charge on any atom is 0.230 e. The fraction of sp³-hybridized carbons (Fsp3) is 0.200. The molecule has 1 aromatic heterocycles. The van der Waals surface area contributed by atoms with Crippen molar-refractivity contribution >= 4 is 27.9 Å². The maximum absolute atomic E-state index is 12.8. The fourth-order valence-corrected chi connectivity index (χ4v) is 4.05. The standard InChI is InChI=1S/C20H19N3OS/c1-23-12-16(11-15-9-5-6-10-17(15)23)19(24)22-20-18(21-13-25-20)14-7-3-2-4-8-14/h2-10,13,16H,11-12H2,1H3,(H,22,24)/t16-/m1/s1. The lowest BCUT2D eigenvalue weighted by Gasteiger charge is -2.32. The molecule has 2 heterocycles.